The van der Waals surface area contributed by atoms with Crippen LogP contribution >= 0.6 is 0 Å². The number of hydrazone groups is 1. The Morgan fingerprint density at radius 2 is 2.12 bits per heavy atom. The van der Waals surface area contributed by atoms with Crippen LogP contribution in [0.3, 0.4) is 0 Å². The smallest absolute Gasteiger partial charge is 0.270 e. The zero-order valence-electron chi connectivity index (χ0n) is 14.3. The molecule has 3 heterocycles. The van der Waals surface area contributed by atoms with E-state index in [0.717, 1.165) is 0 Å². The number of sulfone groups is 1. The molecular formula is C15H21N5O4S. The molecule has 1 atom stereocenters. The van der Waals surface area contributed by atoms with Gasteiger partial charge in [-0.2, -0.15) is 10.2 Å². The zero-order valence-corrected chi connectivity index (χ0v) is 15.1. The van der Waals surface area contributed by atoms with E-state index in [1.165, 1.54) is 12.1 Å². The minimum atomic E-state index is -3.23. The molecule has 0 bridgehead atoms. The number of hydrogen-bond donors (Lipinski definition) is 0. The van der Waals surface area contributed by atoms with Crippen LogP contribution in [0.15, 0.2) is 17.5 Å². The van der Waals surface area contributed by atoms with Crippen molar-refractivity contribution in [1.82, 2.24) is 19.7 Å². The summed E-state index contributed by atoms with van der Waals surface area (Å²) in [5, 5.41) is 9.42. The maximum atomic E-state index is 12.9. The van der Waals surface area contributed by atoms with Crippen molar-refractivity contribution >= 4 is 27.4 Å². The molecule has 0 spiro atoms. The Morgan fingerprint density at radius 3 is 2.76 bits per heavy atom. The molecule has 1 fully saturated rings. The zero-order chi connectivity index (χ0) is 18.2. The van der Waals surface area contributed by atoms with E-state index in [1.54, 1.807) is 22.0 Å². The van der Waals surface area contributed by atoms with Crippen molar-refractivity contribution in [2.75, 3.05) is 25.1 Å². The van der Waals surface area contributed by atoms with E-state index < -0.39 is 15.9 Å². The number of nitrogens with zero attached hydrogens (tertiary/aromatic N) is 5. The SMILES string of the molecule is CCn1cc([C@@H]2CS(=O)(=O)CCN2C(=O)C2=NN(C)C(=O)CC2)cn1. The molecule has 1 saturated heterocycles. The van der Waals surface area contributed by atoms with E-state index in [2.05, 4.69) is 10.2 Å². The standard InChI is InChI=1S/C15H21N5O4S/c1-3-19-9-11(8-16-19)13-10-25(23,24)7-6-20(13)15(22)12-4-5-14(21)18(2)17-12/h8-9,13H,3-7,10H2,1-2H3/t13-/m0/s1. The molecule has 9 nitrogen and oxygen atoms in total. The molecule has 1 aromatic heterocycles. The third-order valence-corrected chi connectivity index (χ3v) is 6.14. The first-order valence-corrected chi connectivity index (χ1v) is 10.0. The van der Waals surface area contributed by atoms with Crippen molar-refractivity contribution in [3.63, 3.8) is 0 Å². The maximum Gasteiger partial charge on any atom is 0.270 e. The number of amides is 2. The van der Waals surface area contributed by atoms with Crippen molar-refractivity contribution in [1.29, 1.82) is 0 Å². The highest BCUT2D eigenvalue weighted by Gasteiger charge is 2.38. The van der Waals surface area contributed by atoms with Gasteiger partial charge in [0.25, 0.3) is 5.91 Å². The van der Waals surface area contributed by atoms with E-state index in [9.17, 15) is 18.0 Å². The first-order valence-electron chi connectivity index (χ1n) is 8.18. The predicted molar refractivity (Wildman–Crippen MR) is 90.4 cm³/mol. The fraction of sp³-hybridized carbons (Fsp3) is 0.600. The van der Waals surface area contributed by atoms with Crippen LogP contribution in [-0.2, 0) is 26.0 Å². The molecule has 0 aliphatic carbocycles. The number of aryl methyl sites for hydroxylation is 1. The molecule has 10 heteroatoms. The van der Waals surface area contributed by atoms with E-state index in [-0.39, 0.29) is 48.4 Å². The van der Waals surface area contributed by atoms with Crippen molar-refractivity contribution < 1.29 is 18.0 Å². The summed E-state index contributed by atoms with van der Waals surface area (Å²) in [6.07, 6.45) is 3.87. The van der Waals surface area contributed by atoms with Crippen molar-refractivity contribution in [3.05, 3.63) is 18.0 Å². The molecule has 25 heavy (non-hydrogen) atoms. The highest BCUT2D eigenvalue weighted by atomic mass is 32.2. The monoisotopic (exact) mass is 367 g/mol. The molecular weight excluding hydrogens is 346 g/mol. The number of carbonyl (C=O) groups excluding carboxylic acids is 2. The van der Waals surface area contributed by atoms with Gasteiger partial charge >= 0.3 is 0 Å². The van der Waals surface area contributed by atoms with Crippen LogP contribution < -0.4 is 0 Å². The predicted octanol–water partition coefficient (Wildman–Crippen LogP) is -0.191. The molecule has 0 aromatic carbocycles. The van der Waals surface area contributed by atoms with Crippen LogP contribution in [0.2, 0.25) is 0 Å². The van der Waals surface area contributed by atoms with Crippen LogP contribution in [0.25, 0.3) is 0 Å². The van der Waals surface area contributed by atoms with Gasteiger partial charge in [0.15, 0.2) is 9.84 Å². The Hall–Kier alpha value is -2.23. The summed E-state index contributed by atoms with van der Waals surface area (Å²) in [5.74, 6) is -0.655. The molecule has 0 radical (unpaired) electrons. The largest absolute Gasteiger partial charge is 0.328 e. The Morgan fingerprint density at radius 1 is 1.36 bits per heavy atom. The summed E-state index contributed by atoms with van der Waals surface area (Å²) >= 11 is 0. The molecule has 0 N–H and O–H groups in total. The van der Waals surface area contributed by atoms with Crippen LogP contribution in [-0.4, -0.2) is 70.7 Å². The summed E-state index contributed by atoms with van der Waals surface area (Å²) < 4.78 is 25.9. The lowest BCUT2D eigenvalue weighted by atomic mass is 10.1. The number of hydrogen-bond acceptors (Lipinski definition) is 6. The minimum Gasteiger partial charge on any atom is -0.328 e. The van der Waals surface area contributed by atoms with Crippen LogP contribution in [0, 0.1) is 0 Å². The van der Waals surface area contributed by atoms with Crippen LogP contribution in [0.1, 0.15) is 31.4 Å². The van der Waals surface area contributed by atoms with Crippen molar-refractivity contribution in [2.24, 2.45) is 5.10 Å². The van der Waals surface area contributed by atoms with Gasteiger partial charge in [-0.3, -0.25) is 14.3 Å². The molecule has 136 valence electrons. The van der Waals surface area contributed by atoms with E-state index in [1.807, 2.05) is 6.92 Å². The van der Waals surface area contributed by atoms with Gasteiger partial charge < -0.3 is 4.90 Å². The first kappa shape index (κ1) is 17.6. The Labute approximate surface area is 146 Å². The van der Waals surface area contributed by atoms with Crippen molar-refractivity contribution in [2.45, 2.75) is 32.4 Å². The van der Waals surface area contributed by atoms with Gasteiger partial charge in [0.2, 0.25) is 5.91 Å². The van der Waals surface area contributed by atoms with Gasteiger partial charge in [0, 0.05) is 44.7 Å². The topological polar surface area (TPSA) is 105 Å². The molecule has 3 rings (SSSR count). The highest BCUT2D eigenvalue weighted by Crippen LogP contribution is 2.27. The third-order valence-electron chi connectivity index (χ3n) is 4.51. The minimum absolute atomic E-state index is 0.0702. The Kier molecular flexibility index (Phi) is 4.63. The van der Waals surface area contributed by atoms with Crippen molar-refractivity contribution in [3.8, 4) is 0 Å². The molecule has 1 aromatic rings. The van der Waals surface area contributed by atoms with Crippen LogP contribution in [0.5, 0.6) is 0 Å². The first-order chi connectivity index (χ1) is 11.8. The van der Waals surface area contributed by atoms with Gasteiger partial charge in [-0.05, 0) is 6.92 Å². The average Bonchev–Trinajstić information content (AvgIpc) is 3.05. The molecule has 2 amide bonds. The van der Waals surface area contributed by atoms with Gasteiger partial charge in [-0.1, -0.05) is 0 Å². The summed E-state index contributed by atoms with van der Waals surface area (Å²) in [7, 11) is -1.72. The Bertz CT molecular complexity index is 829. The Balaban J connectivity index is 1.90. The fourth-order valence-corrected chi connectivity index (χ4v) is 4.54. The fourth-order valence-electron chi connectivity index (χ4n) is 3.04. The normalized spacial score (nSPS) is 23.5. The third kappa shape index (κ3) is 3.58. The van der Waals surface area contributed by atoms with Gasteiger partial charge in [0.1, 0.15) is 5.71 Å². The summed E-state index contributed by atoms with van der Waals surface area (Å²) in [5.41, 5.74) is 0.980. The summed E-state index contributed by atoms with van der Waals surface area (Å²) in [6.45, 7) is 2.70. The molecule has 0 saturated carbocycles. The summed E-state index contributed by atoms with van der Waals surface area (Å²) in [6, 6.07) is -0.586. The average molecular weight is 367 g/mol. The van der Waals surface area contributed by atoms with Gasteiger partial charge in [-0.25, -0.2) is 13.4 Å². The molecule has 0 unspecified atom stereocenters. The molecule has 2 aliphatic rings. The quantitative estimate of drug-likeness (QED) is 0.736. The second-order valence-corrected chi connectivity index (χ2v) is 8.45. The number of rotatable bonds is 3. The van der Waals surface area contributed by atoms with E-state index in [0.29, 0.717) is 12.1 Å². The lowest BCUT2D eigenvalue weighted by molar-refractivity contribution is -0.131. The molecule has 2 aliphatic heterocycles. The second-order valence-electron chi connectivity index (χ2n) is 6.22. The van der Waals surface area contributed by atoms with Gasteiger partial charge in [-0.15, -0.1) is 0 Å². The number of carbonyl (C=O) groups is 2. The maximum absolute atomic E-state index is 12.9. The second kappa shape index (κ2) is 6.58. The van der Waals surface area contributed by atoms with E-state index >= 15 is 0 Å². The van der Waals surface area contributed by atoms with Crippen LogP contribution in [0.4, 0.5) is 0 Å². The van der Waals surface area contributed by atoms with Gasteiger partial charge in [0.05, 0.1) is 23.7 Å². The summed E-state index contributed by atoms with van der Waals surface area (Å²) in [4.78, 5) is 26.0. The lowest BCUT2D eigenvalue weighted by Gasteiger charge is -2.35. The lowest BCUT2D eigenvalue weighted by Crippen LogP contribution is -2.49. The number of aromatic nitrogens is 2. The highest BCUT2D eigenvalue weighted by molar-refractivity contribution is 7.91. The van der Waals surface area contributed by atoms with E-state index in [4.69, 9.17) is 0 Å².